The summed E-state index contributed by atoms with van der Waals surface area (Å²) in [6.45, 7) is 2.96. The molecular weight excluding hydrogens is 262 g/mol. The van der Waals surface area contributed by atoms with Gasteiger partial charge in [-0.2, -0.15) is 0 Å². The van der Waals surface area contributed by atoms with Crippen molar-refractivity contribution in [2.75, 3.05) is 6.54 Å². The van der Waals surface area contributed by atoms with Crippen LogP contribution in [-0.4, -0.2) is 34.6 Å². The van der Waals surface area contributed by atoms with Crippen LogP contribution in [0.5, 0.6) is 0 Å². The molecule has 1 aromatic carbocycles. The van der Waals surface area contributed by atoms with E-state index in [1.165, 1.54) is 5.56 Å². The third kappa shape index (κ3) is 2.84. The highest BCUT2D eigenvalue weighted by molar-refractivity contribution is 5.94. The number of aryl methyl sites for hydroxylation is 1. The molecule has 3 nitrogen and oxygen atoms in total. The molecule has 1 aliphatic heterocycles. The lowest BCUT2D eigenvalue weighted by Gasteiger charge is -2.31. The Balaban J connectivity index is 1.76. The van der Waals surface area contributed by atoms with E-state index in [0.29, 0.717) is 0 Å². The van der Waals surface area contributed by atoms with Crippen molar-refractivity contribution in [1.29, 1.82) is 0 Å². The molecule has 0 bridgehead atoms. The molecule has 3 atom stereocenters. The average molecular weight is 287 g/mol. The van der Waals surface area contributed by atoms with E-state index in [-0.39, 0.29) is 24.0 Å². The largest absolute Gasteiger partial charge is 0.393 e. The summed E-state index contributed by atoms with van der Waals surface area (Å²) >= 11 is 0. The van der Waals surface area contributed by atoms with Gasteiger partial charge in [-0.3, -0.25) is 4.79 Å². The first-order valence-corrected chi connectivity index (χ1v) is 8.28. The van der Waals surface area contributed by atoms with Crippen molar-refractivity contribution in [3.05, 3.63) is 35.4 Å². The molecule has 1 saturated heterocycles. The fourth-order valence-electron chi connectivity index (χ4n) is 3.96. The van der Waals surface area contributed by atoms with Gasteiger partial charge in [0.1, 0.15) is 0 Å². The topological polar surface area (TPSA) is 40.5 Å². The Morgan fingerprint density at radius 2 is 1.95 bits per heavy atom. The second-order valence-corrected chi connectivity index (χ2v) is 6.42. The molecule has 0 radical (unpaired) electrons. The van der Waals surface area contributed by atoms with Crippen LogP contribution in [-0.2, 0) is 6.42 Å². The van der Waals surface area contributed by atoms with Crippen molar-refractivity contribution in [1.82, 2.24) is 4.90 Å². The second kappa shape index (κ2) is 6.18. The van der Waals surface area contributed by atoms with E-state index in [4.69, 9.17) is 0 Å². The van der Waals surface area contributed by atoms with Crippen LogP contribution in [0.2, 0.25) is 0 Å². The second-order valence-electron chi connectivity index (χ2n) is 6.42. The van der Waals surface area contributed by atoms with Crippen molar-refractivity contribution in [3.63, 3.8) is 0 Å². The fraction of sp³-hybridized carbons (Fsp3) is 0.611. The van der Waals surface area contributed by atoms with Crippen molar-refractivity contribution >= 4 is 5.91 Å². The highest BCUT2D eigenvalue weighted by atomic mass is 16.3. The lowest BCUT2D eigenvalue weighted by molar-refractivity contribution is 0.0528. The number of nitrogens with zero attached hydrogens (tertiary/aromatic N) is 1. The van der Waals surface area contributed by atoms with Crippen LogP contribution in [0, 0.1) is 5.92 Å². The molecule has 0 spiro atoms. The van der Waals surface area contributed by atoms with Gasteiger partial charge >= 0.3 is 0 Å². The molecule has 1 aromatic rings. The molecule has 114 valence electrons. The smallest absolute Gasteiger partial charge is 0.254 e. The Hall–Kier alpha value is -1.35. The van der Waals surface area contributed by atoms with Gasteiger partial charge in [0.15, 0.2) is 0 Å². The zero-order valence-electron chi connectivity index (χ0n) is 12.8. The number of aliphatic hydroxyl groups is 1. The number of aliphatic hydroxyl groups excluding tert-OH is 1. The molecule has 21 heavy (non-hydrogen) atoms. The van der Waals surface area contributed by atoms with Crippen LogP contribution in [0.4, 0.5) is 0 Å². The SMILES string of the molecule is CCc1ccc(C(=O)N2CCCC2C2CCCC2O)cc1. The molecular formula is C18H25NO2. The molecule has 3 unspecified atom stereocenters. The Kier molecular flexibility index (Phi) is 4.29. The normalized spacial score (nSPS) is 29.0. The van der Waals surface area contributed by atoms with Gasteiger partial charge in [0, 0.05) is 24.1 Å². The van der Waals surface area contributed by atoms with Gasteiger partial charge in [0.2, 0.25) is 0 Å². The third-order valence-corrected chi connectivity index (χ3v) is 5.20. The zero-order chi connectivity index (χ0) is 14.8. The molecule has 1 aliphatic carbocycles. The maximum Gasteiger partial charge on any atom is 0.254 e. The summed E-state index contributed by atoms with van der Waals surface area (Å²) in [5.41, 5.74) is 2.04. The summed E-state index contributed by atoms with van der Waals surface area (Å²) in [6, 6.07) is 8.22. The quantitative estimate of drug-likeness (QED) is 0.928. The van der Waals surface area contributed by atoms with Crippen molar-refractivity contribution < 1.29 is 9.90 Å². The van der Waals surface area contributed by atoms with E-state index in [2.05, 4.69) is 6.92 Å². The number of hydrogen-bond acceptors (Lipinski definition) is 2. The van der Waals surface area contributed by atoms with Crippen LogP contribution in [0.3, 0.4) is 0 Å². The summed E-state index contributed by atoms with van der Waals surface area (Å²) in [7, 11) is 0. The number of carbonyl (C=O) groups excluding carboxylic acids is 1. The predicted octanol–water partition coefficient (Wildman–Crippen LogP) is 3.01. The predicted molar refractivity (Wildman–Crippen MR) is 83.2 cm³/mol. The van der Waals surface area contributed by atoms with E-state index in [0.717, 1.165) is 50.6 Å². The summed E-state index contributed by atoms with van der Waals surface area (Å²) in [4.78, 5) is 14.8. The Morgan fingerprint density at radius 1 is 1.19 bits per heavy atom. The molecule has 2 aliphatic rings. The monoisotopic (exact) mass is 287 g/mol. The lowest BCUT2D eigenvalue weighted by Crippen LogP contribution is -2.42. The first-order chi connectivity index (χ1) is 10.2. The minimum absolute atomic E-state index is 0.138. The lowest BCUT2D eigenvalue weighted by atomic mass is 9.93. The maximum atomic E-state index is 12.8. The molecule has 0 aromatic heterocycles. The van der Waals surface area contributed by atoms with Gasteiger partial charge in [-0.25, -0.2) is 0 Å². The Morgan fingerprint density at radius 3 is 2.57 bits per heavy atom. The highest BCUT2D eigenvalue weighted by Crippen LogP contribution is 2.36. The number of likely N-dealkylation sites (tertiary alicyclic amines) is 1. The number of amides is 1. The van der Waals surface area contributed by atoms with E-state index < -0.39 is 0 Å². The number of benzene rings is 1. The third-order valence-electron chi connectivity index (χ3n) is 5.20. The average Bonchev–Trinajstić information content (AvgIpc) is 3.14. The van der Waals surface area contributed by atoms with Crippen LogP contribution in [0.25, 0.3) is 0 Å². The number of carbonyl (C=O) groups is 1. The number of rotatable bonds is 3. The fourth-order valence-corrected chi connectivity index (χ4v) is 3.96. The van der Waals surface area contributed by atoms with Crippen LogP contribution < -0.4 is 0 Å². The van der Waals surface area contributed by atoms with E-state index in [1.807, 2.05) is 29.2 Å². The Labute approximate surface area is 127 Å². The summed E-state index contributed by atoms with van der Waals surface area (Å²) in [5.74, 6) is 0.422. The minimum atomic E-state index is -0.217. The molecule has 1 heterocycles. The molecule has 2 fully saturated rings. The number of hydrogen-bond donors (Lipinski definition) is 1. The van der Waals surface area contributed by atoms with Gasteiger partial charge in [0.25, 0.3) is 5.91 Å². The van der Waals surface area contributed by atoms with E-state index >= 15 is 0 Å². The van der Waals surface area contributed by atoms with Crippen molar-refractivity contribution in [3.8, 4) is 0 Å². The molecule has 1 N–H and O–H groups in total. The van der Waals surface area contributed by atoms with Gasteiger partial charge in [-0.15, -0.1) is 0 Å². The molecule has 3 heteroatoms. The maximum absolute atomic E-state index is 12.8. The standard InChI is InChI=1S/C18H25NO2/c1-2-13-8-10-14(11-9-13)18(21)19-12-4-6-16(19)15-5-3-7-17(15)20/h8-11,15-17,20H,2-7,12H2,1H3. The highest BCUT2D eigenvalue weighted by Gasteiger charge is 2.40. The van der Waals surface area contributed by atoms with Crippen LogP contribution in [0.1, 0.15) is 54.9 Å². The first kappa shape index (κ1) is 14.6. The van der Waals surface area contributed by atoms with Gasteiger partial charge in [0.05, 0.1) is 6.10 Å². The summed E-state index contributed by atoms with van der Waals surface area (Å²) in [6.07, 6.45) is 5.93. The van der Waals surface area contributed by atoms with E-state index in [1.54, 1.807) is 0 Å². The first-order valence-electron chi connectivity index (χ1n) is 8.28. The van der Waals surface area contributed by atoms with Gasteiger partial charge in [-0.1, -0.05) is 25.5 Å². The molecule has 1 amide bonds. The van der Waals surface area contributed by atoms with Crippen LogP contribution in [0.15, 0.2) is 24.3 Å². The summed E-state index contributed by atoms with van der Waals surface area (Å²) in [5, 5.41) is 10.1. The van der Waals surface area contributed by atoms with Gasteiger partial charge in [-0.05, 0) is 49.8 Å². The van der Waals surface area contributed by atoms with Crippen molar-refractivity contribution in [2.45, 2.75) is 57.6 Å². The summed E-state index contributed by atoms with van der Waals surface area (Å²) < 4.78 is 0. The van der Waals surface area contributed by atoms with Crippen LogP contribution >= 0.6 is 0 Å². The molecule has 1 saturated carbocycles. The van der Waals surface area contributed by atoms with Crippen molar-refractivity contribution in [2.24, 2.45) is 5.92 Å². The Bertz CT molecular complexity index is 496. The van der Waals surface area contributed by atoms with E-state index in [9.17, 15) is 9.90 Å². The molecule has 3 rings (SSSR count). The minimum Gasteiger partial charge on any atom is -0.393 e. The zero-order valence-corrected chi connectivity index (χ0v) is 12.8. The van der Waals surface area contributed by atoms with Gasteiger partial charge < -0.3 is 10.0 Å².